The van der Waals surface area contributed by atoms with Crippen LogP contribution < -0.4 is 5.32 Å². The molecule has 0 atom stereocenters. The Bertz CT molecular complexity index is 864. The third-order valence-electron chi connectivity index (χ3n) is 4.15. The van der Waals surface area contributed by atoms with Gasteiger partial charge in [-0.15, -0.1) is 10.2 Å². The second kappa shape index (κ2) is 7.79. The molecule has 26 heavy (non-hydrogen) atoms. The number of rotatable bonds is 5. The zero-order valence-corrected chi connectivity index (χ0v) is 16.1. The van der Waals surface area contributed by atoms with Gasteiger partial charge in [-0.25, -0.2) is 0 Å². The van der Waals surface area contributed by atoms with Gasteiger partial charge in [0, 0.05) is 12.0 Å². The molecule has 1 amide bonds. The molecule has 0 radical (unpaired) electrons. The largest absolute Gasteiger partial charge is 0.301 e. The number of benzene rings is 2. The molecule has 2 aromatic carbocycles. The van der Waals surface area contributed by atoms with Crippen molar-refractivity contribution >= 4 is 22.4 Å². The van der Waals surface area contributed by atoms with E-state index in [0.29, 0.717) is 18.0 Å². The minimum Gasteiger partial charge on any atom is -0.301 e. The van der Waals surface area contributed by atoms with Crippen molar-refractivity contribution in [2.45, 2.75) is 39.0 Å². The lowest BCUT2D eigenvalue weighted by molar-refractivity contribution is -0.116. The van der Waals surface area contributed by atoms with Gasteiger partial charge in [0.1, 0.15) is 5.01 Å². The second-order valence-electron chi connectivity index (χ2n) is 7.27. The molecule has 0 spiro atoms. The summed E-state index contributed by atoms with van der Waals surface area (Å²) < 4.78 is 0. The maximum Gasteiger partial charge on any atom is 0.226 e. The number of nitrogens with zero attached hydrogens (tertiary/aromatic N) is 2. The third kappa shape index (κ3) is 4.76. The number of nitrogens with one attached hydrogen (secondary N) is 1. The predicted octanol–water partition coefficient (Wildman–Crippen LogP) is 5.07. The van der Waals surface area contributed by atoms with Crippen molar-refractivity contribution < 1.29 is 4.79 Å². The average molecular weight is 366 g/mol. The van der Waals surface area contributed by atoms with Gasteiger partial charge in [-0.05, 0) is 23.0 Å². The van der Waals surface area contributed by atoms with E-state index in [1.807, 2.05) is 30.3 Å². The molecule has 0 aliphatic carbocycles. The molecule has 1 aromatic heterocycles. The topological polar surface area (TPSA) is 54.9 Å². The fraction of sp³-hybridized carbons (Fsp3) is 0.286. The minimum absolute atomic E-state index is 0.0411. The molecule has 0 aliphatic heterocycles. The van der Waals surface area contributed by atoms with E-state index in [1.54, 1.807) is 0 Å². The Morgan fingerprint density at radius 1 is 1.00 bits per heavy atom. The molecule has 4 nitrogen and oxygen atoms in total. The maximum atomic E-state index is 12.2. The van der Waals surface area contributed by atoms with Gasteiger partial charge in [0.15, 0.2) is 0 Å². The number of carbonyl (C=O) groups excluding carboxylic acids is 1. The van der Waals surface area contributed by atoms with Crippen LogP contribution in [0.2, 0.25) is 0 Å². The minimum atomic E-state index is -0.0411. The zero-order valence-electron chi connectivity index (χ0n) is 15.3. The van der Waals surface area contributed by atoms with E-state index < -0.39 is 0 Å². The number of hydrogen-bond acceptors (Lipinski definition) is 4. The lowest BCUT2D eigenvalue weighted by Crippen LogP contribution is -2.13. The molecule has 0 fully saturated rings. The Balaban J connectivity index is 1.54. The molecule has 0 unspecified atom stereocenters. The van der Waals surface area contributed by atoms with E-state index in [9.17, 15) is 4.79 Å². The van der Waals surface area contributed by atoms with Crippen LogP contribution in [0, 0.1) is 0 Å². The van der Waals surface area contributed by atoms with Crippen LogP contribution in [0.1, 0.15) is 38.3 Å². The van der Waals surface area contributed by atoms with Crippen LogP contribution in [0.3, 0.4) is 0 Å². The molecule has 1 N–H and O–H groups in total. The lowest BCUT2D eigenvalue weighted by atomic mass is 9.86. The fourth-order valence-corrected chi connectivity index (χ4v) is 3.35. The highest BCUT2D eigenvalue weighted by Gasteiger charge is 2.13. The van der Waals surface area contributed by atoms with Crippen molar-refractivity contribution in [2.24, 2.45) is 0 Å². The average Bonchev–Trinajstić information content (AvgIpc) is 3.09. The van der Waals surface area contributed by atoms with Crippen LogP contribution in [-0.4, -0.2) is 16.1 Å². The zero-order chi connectivity index (χ0) is 18.6. The highest BCUT2D eigenvalue weighted by molar-refractivity contribution is 7.18. The van der Waals surface area contributed by atoms with Gasteiger partial charge in [0.05, 0.1) is 0 Å². The summed E-state index contributed by atoms with van der Waals surface area (Å²) in [5, 5.41) is 12.4. The van der Waals surface area contributed by atoms with Crippen molar-refractivity contribution in [2.75, 3.05) is 5.32 Å². The van der Waals surface area contributed by atoms with Crippen LogP contribution in [0.15, 0.2) is 54.6 Å². The summed E-state index contributed by atoms with van der Waals surface area (Å²) in [6.07, 6.45) is 1.13. The van der Waals surface area contributed by atoms with Gasteiger partial charge in [0.2, 0.25) is 11.0 Å². The summed E-state index contributed by atoms with van der Waals surface area (Å²) in [5.41, 5.74) is 3.61. The number of anilines is 1. The molecular weight excluding hydrogens is 342 g/mol. The first-order valence-corrected chi connectivity index (χ1v) is 9.52. The van der Waals surface area contributed by atoms with Crippen molar-refractivity contribution in [3.8, 4) is 10.6 Å². The Labute approximate surface area is 158 Å². The molecule has 1 heterocycles. The third-order valence-corrected chi connectivity index (χ3v) is 5.04. The van der Waals surface area contributed by atoms with Crippen LogP contribution in [0.25, 0.3) is 10.6 Å². The molecular formula is C21H23N3OS. The van der Waals surface area contributed by atoms with E-state index in [0.717, 1.165) is 16.1 Å². The van der Waals surface area contributed by atoms with Gasteiger partial charge in [-0.3, -0.25) is 4.79 Å². The monoisotopic (exact) mass is 365 g/mol. The molecule has 134 valence electrons. The maximum absolute atomic E-state index is 12.2. The first-order valence-electron chi connectivity index (χ1n) is 8.70. The van der Waals surface area contributed by atoms with E-state index in [2.05, 4.69) is 60.6 Å². The molecule has 5 heteroatoms. The second-order valence-corrected chi connectivity index (χ2v) is 8.25. The smallest absolute Gasteiger partial charge is 0.226 e. The van der Waals surface area contributed by atoms with E-state index in [1.165, 1.54) is 16.9 Å². The van der Waals surface area contributed by atoms with Gasteiger partial charge >= 0.3 is 0 Å². The summed E-state index contributed by atoms with van der Waals surface area (Å²) in [4.78, 5) is 12.2. The van der Waals surface area contributed by atoms with Crippen LogP contribution in [0.5, 0.6) is 0 Å². The quantitative estimate of drug-likeness (QED) is 0.686. The van der Waals surface area contributed by atoms with Crippen molar-refractivity contribution in [1.82, 2.24) is 10.2 Å². The van der Waals surface area contributed by atoms with Crippen molar-refractivity contribution in [3.05, 3.63) is 65.7 Å². The van der Waals surface area contributed by atoms with E-state index in [4.69, 9.17) is 0 Å². The highest BCUT2D eigenvalue weighted by Crippen LogP contribution is 2.26. The summed E-state index contributed by atoms with van der Waals surface area (Å²) in [6, 6.07) is 18.3. The van der Waals surface area contributed by atoms with Gasteiger partial charge < -0.3 is 5.32 Å². The van der Waals surface area contributed by atoms with Crippen LogP contribution >= 0.6 is 11.3 Å². The number of aryl methyl sites for hydroxylation is 1. The van der Waals surface area contributed by atoms with E-state index >= 15 is 0 Å². The van der Waals surface area contributed by atoms with Crippen LogP contribution in [0.4, 0.5) is 5.13 Å². The number of carbonyl (C=O) groups is 1. The highest BCUT2D eigenvalue weighted by atomic mass is 32.1. The Hall–Kier alpha value is -2.53. The number of aromatic nitrogens is 2. The van der Waals surface area contributed by atoms with Gasteiger partial charge in [0.25, 0.3) is 0 Å². The number of amides is 1. The lowest BCUT2D eigenvalue weighted by Gasteiger charge is -2.19. The summed E-state index contributed by atoms with van der Waals surface area (Å²) in [6.45, 7) is 6.59. The SMILES string of the molecule is CC(C)(C)c1ccc(CCC(=O)Nc2nnc(-c3ccccc3)s2)cc1. The Morgan fingerprint density at radius 2 is 1.69 bits per heavy atom. The summed E-state index contributed by atoms with van der Waals surface area (Å²) in [7, 11) is 0. The standard InChI is InChI=1S/C21H23N3OS/c1-21(2,3)17-12-9-15(10-13-17)11-14-18(25)22-20-24-23-19(26-20)16-7-5-4-6-8-16/h4-10,12-13H,11,14H2,1-3H3,(H,22,24,25). The van der Waals surface area contributed by atoms with Crippen molar-refractivity contribution in [1.29, 1.82) is 0 Å². The van der Waals surface area contributed by atoms with Crippen LogP contribution in [-0.2, 0) is 16.6 Å². The summed E-state index contributed by atoms with van der Waals surface area (Å²) >= 11 is 1.39. The van der Waals surface area contributed by atoms with Gasteiger partial charge in [-0.1, -0.05) is 86.7 Å². The van der Waals surface area contributed by atoms with E-state index in [-0.39, 0.29) is 11.3 Å². The Kier molecular flexibility index (Phi) is 5.47. The molecule has 0 saturated carbocycles. The molecule has 3 rings (SSSR count). The summed E-state index contributed by atoms with van der Waals surface area (Å²) in [5.74, 6) is -0.0411. The molecule has 3 aromatic rings. The molecule has 0 bridgehead atoms. The number of hydrogen-bond donors (Lipinski definition) is 1. The van der Waals surface area contributed by atoms with Crippen molar-refractivity contribution in [3.63, 3.8) is 0 Å². The first-order chi connectivity index (χ1) is 12.4. The normalized spacial score (nSPS) is 11.3. The Morgan fingerprint density at radius 3 is 2.35 bits per heavy atom. The first kappa shape index (κ1) is 18.3. The van der Waals surface area contributed by atoms with Gasteiger partial charge in [-0.2, -0.15) is 0 Å². The molecule has 0 aliphatic rings. The fourth-order valence-electron chi connectivity index (χ4n) is 2.58. The molecule has 0 saturated heterocycles. The predicted molar refractivity (Wildman–Crippen MR) is 107 cm³/mol.